The van der Waals surface area contributed by atoms with Gasteiger partial charge in [0.25, 0.3) is 5.91 Å². The Morgan fingerprint density at radius 2 is 2.04 bits per heavy atom. The molecule has 0 saturated carbocycles. The maximum Gasteiger partial charge on any atom is 0.296 e. The zero-order valence-electron chi connectivity index (χ0n) is 15.2. The monoisotopic (exact) mass is 377 g/mol. The lowest BCUT2D eigenvalue weighted by atomic mass is 10.1. The van der Waals surface area contributed by atoms with Gasteiger partial charge < -0.3 is 4.57 Å². The van der Waals surface area contributed by atoms with Gasteiger partial charge in [-0.05, 0) is 30.2 Å². The summed E-state index contributed by atoms with van der Waals surface area (Å²) in [6.45, 7) is 2.45. The quantitative estimate of drug-likeness (QED) is 0.530. The van der Waals surface area contributed by atoms with E-state index in [1.807, 2.05) is 37.4 Å². The van der Waals surface area contributed by atoms with Crippen LogP contribution in [0.3, 0.4) is 0 Å². The molecule has 1 aromatic carbocycles. The highest BCUT2D eigenvalue weighted by Gasteiger charge is 2.25. The zero-order valence-corrected chi connectivity index (χ0v) is 16.0. The van der Waals surface area contributed by atoms with Gasteiger partial charge in [-0.1, -0.05) is 36.5 Å². The van der Waals surface area contributed by atoms with Gasteiger partial charge in [0.2, 0.25) is 0 Å². The number of imidazole rings is 1. The number of hydrogen-bond acceptors (Lipinski definition) is 5. The third-order valence-electron chi connectivity index (χ3n) is 4.41. The Kier molecular flexibility index (Phi) is 4.68. The normalized spacial score (nSPS) is 11.0. The number of amides is 1. The molecule has 0 atom stereocenters. The van der Waals surface area contributed by atoms with Crippen LogP contribution < -0.4 is 4.90 Å². The number of para-hydroxylation sites is 1. The fraction of sp³-hybridized carbons (Fsp3) is 0.200. The summed E-state index contributed by atoms with van der Waals surface area (Å²) in [6, 6.07) is 11.8. The van der Waals surface area contributed by atoms with Gasteiger partial charge in [0.1, 0.15) is 0 Å². The Bertz CT molecular complexity index is 1090. The average Bonchev–Trinajstić information content (AvgIpc) is 3.32. The summed E-state index contributed by atoms with van der Waals surface area (Å²) in [5, 5.41) is 0.657. The number of carbonyl (C=O) groups is 1. The lowest BCUT2D eigenvalue weighted by Gasteiger charge is -2.19. The molecule has 0 bridgehead atoms. The van der Waals surface area contributed by atoms with Crippen molar-refractivity contribution in [1.29, 1.82) is 0 Å². The molecule has 0 N–H and O–H groups in total. The molecule has 0 unspecified atom stereocenters. The van der Waals surface area contributed by atoms with Gasteiger partial charge in [-0.3, -0.25) is 14.7 Å². The molecular formula is C20H19N5OS. The number of aryl methyl sites for hydroxylation is 2. The van der Waals surface area contributed by atoms with Crippen LogP contribution in [0.1, 0.15) is 28.8 Å². The summed E-state index contributed by atoms with van der Waals surface area (Å²) in [5.74, 6) is 0.186. The van der Waals surface area contributed by atoms with Crippen LogP contribution in [0.2, 0.25) is 0 Å². The van der Waals surface area contributed by atoms with Gasteiger partial charge in [0, 0.05) is 25.6 Å². The van der Waals surface area contributed by atoms with Gasteiger partial charge >= 0.3 is 0 Å². The number of pyridine rings is 1. The Labute approximate surface area is 161 Å². The third kappa shape index (κ3) is 3.33. The van der Waals surface area contributed by atoms with Crippen molar-refractivity contribution in [3.8, 4) is 0 Å². The lowest BCUT2D eigenvalue weighted by Crippen LogP contribution is -2.32. The van der Waals surface area contributed by atoms with Crippen LogP contribution in [0.15, 0.2) is 55.0 Å². The fourth-order valence-corrected chi connectivity index (χ4v) is 3.98. The van der Waals surface area contributed by atoms with Crippen molar-refractivity contribution in [2.45, 2.75) is 19.9 Å². The van der Waals surface area contributed by atoms with E-state index in [2.05, 4.69) is 23.0 Å². The van der Waals surface area contributed by atoms with Crippen LogP contribution in [0.5, 0.6) is 0 Å². The molecule has 1 amide bonds. The molecule has 27 heavy (non-hydrogen) atoms. The number of thiazole rings is 1. The van der Waals surface area contributed by atoms with Gasteiger partial charge in [-0.25, -0.2) is 9.97 Å². The molecule has 4 rings (SSSR count). The van der Waals surface area contributed by atoms with Crippen molar-refractivity contribution in [3.05, 3.63) is 72.1 Å². The molecule has 136 valence electrons. The Morgan fingerprint density at radius 3 is 2.74 bits per heavy atom. The summed E-state index contributed by atoms with van der Waals surface area (Å²) in [4.78, 5) is 28.3. The minimum Gasteiger partial charge on any atom is -0.330 e. The summed E-state index contributed by atoms with van der Waals surface area (Å²) >= 11 is 1.51. The first-order valence-electron chi connectivity index (χ1n) is 8.75. The largest absolute Gasteiger partial charge is 0.330 e. The number of benzene rings is 1. The lowest BCUT2D eigenvalue weighted by molar-refractivity contribution is 0.0972. The predicted molar refractivity (Wildman–Crippen MR) is 107 cm³/mol. The molecule has 0 aliphatic heterocycles. The second kappa shape index (κ2) is 7.28. The van der Waals surface area contributed by atoms with Crippen molar-refractivity contribution < 1.29 is 4.79 Å². The highest BCUT2D eigenvalue weighted by molar-refractivity contribution is 7.22. The summed E-state index contributed by atoms with van der Waals surface area (Å²) in [5.41, 5.74) is 2.94. The topological polar surface area (TPSA) is 63.9 Å². The van der Waals surface area contributed by atoms with Crippen LogP contribution in [0, 0.1) is 0 Å². The molecule has 6 nitrogen and oxygen atoms in total. The van der Waals surface area contributed by atoms with E-state index in [0.29, 0.717) is 17.5 Å². The van der Waals surface area contributed by atoms with E-state index in [9.17, 15) is 4.79 Å². The zero-order chi connectivity index (χ0) is 18.8. The number of carbonyl (C=O) groups excluding carboxylic acids is 1. The van der Waals surface area contributed by atoms with Crippen molar-refractivity contribution in [3.63, 3.8) is 0 Å². The first-order chi connectivity index (χ1) is 13.2. The standard InChI is InChI=1S/C20H19N5OS/c1-3-14-7-6-9-16-17(14)23-20(27-16)25(13-15-8-4-5-10-21-15)19(26)18-22-11-12-24(18)2/h4-12H,3,13H2,1-2H3. The molecule has 3 heterocycles. The second-order valence-corrected chi connectivity index (χ2v) is 7.20. The molecule has 3 aromatic heterocycles. The smallest absolute Gasteiger partial charge is 0.296 e. The number of rotatable bonds is 5. The minimum atomic E-state index is -0.190. The molecule has 7 heteroatoms. The molecule has 0 aliphatic rings. The molecule has 0 radical (unpaired) electrons. The predicted octanol–water partition coefficient (Wildman–Crippen LogP) is 3.83. The summed E-state index contributed by atoms with van der Waals surface area (Å²) in [6.07, 6.45) is 6.01. The van der Waals surface area contributed by atoms with Crippen molar-refractivity contribution in [2.24, 2.45) is 7.05 Å². The van der Waals surface area contributed by atoms with Crippen molar-refractivity contribution in [2.75, 3.05) is 4.90 Å². The van der Waals surface area contributed by atoms with Crippen LogP contribution >= 0.6 is 11.3 Å². The number of fused-ring (bicyclic) bond motifs is 1. The van der Waals surface area contributed by atoms with Gasteiger partial charge in [0.15, 0.2) is 11.0 Å². The summed E-state index contributed by atoms with van der Waals surface area (Å²) < 4.78 is 2.79. The Hall–Kier alpha value is -3.06. The highest BCUT2D eigenvalue weighted by atomic mass is 32.1. The van der Waals surface area contributed by atoms with Crippen LogP contribution in [0.4, 0.5) is 5.13 Å². The minimum absolute atomic E-state index is 0.190. The first-order valence-corrected chi connectivity index (χ1v) is 9.56. The maximum absolute atomic E-state index is 13.2. The van der Waals surface area contributed by atoms with E-state index in [1.165, 1.54) is 16.9 Å². The van der Waals surface area contributed by atoms with E-state index >= 15 is 0 Å². The van der Waals surface area contributed by atoms with E-state index in [0.717, 1.165) is 22.3 Å². The fourth-order valence-electron chi connectivity index (χ4n) is 2.97. The molecule has 0 saturated heterocycles. The van der Waals surface area contributed by atoms with Crippen LogP contribution in [0.25, 0.3) is 10.2 Å². The van der Waals surface area contributed by atoms with Crippen LogP contribution in [-0.2, 0) is 20.0 Å². The van der Waals surface area contributed by atoms with Crippen molar-refractivity contribution >= 4 is 32.6 Å². The van der Waals surface area contributed by atoms with E-state index < -0.39 is 0 Å². The van der Waals surface area contributed by atoms with E-state index in [-0.39, 0.29) is 5.91 Å². The van der Waals surface area contributed by atoms with Crippen LogP contribution in [-0.4, -0.2) is 25.4 Å². The van der Waals surface area contributed by atoms with Crippen molar-refractivity contribution in [1.82, 2.24) is 19.5 Å². The highest BCUT2D eigenvalue weighted by Crippen LogP contribution is 2.32. The SMILES string of the molecule is CCc1cccc2sc(N(Cc3ccccn3)C(=O)c3nccn3C)nc12. The second-order valence-electron chi connectivity index (χ2n) is 6.19. The third-order valence-corrected chi connectivity index (χ3v) is 5.45. The molecule has 0 fully saturated rings. The van der Waals surface area contributed by atoms with E-state index in [4.69, 9.17) is 4.98 Å². The molecule has 4 aromatic rings. The molecule has 0 spiro atoms. The molecular weight excluding hydrogens is 358 g/mol. The maximum atomic E-state index is 13.2. The number of anilines is 1. The Balaban J connectivity index is 1.80. The number of aromatic nitrogens is 4. The van der Waals surface area contributed by atoms with E-state index in [1.54, 1.807) is 28.1 Å². The van der Waals surface area contributed by atoms with Gasteiger partial charge in [-0.15, -0.1) is 0 Å². The first kappa shape index (κ1) is 17.4. The summed E-state index contributed by atoms with van der Waals surface area (Å²) in [7, 11) is 1.81. The average molecular weight is 377 g/mol. The van der Waals surface area contributed by atoms with Gasteiger partial charge in [0.05, 0.1) is 22.5 Å². The van der Waals surface area contributed by atoms with Gasteiger partial charge in [-0.2, -0.15) is 0 Å². The Morgan fingerprint density at radius 1 is 1.15 bits per heavy atom. The number of hydrogen-bond donors (Lipinski definition) is 0. The number of nitrogens with zero attached hydrogens (tertiary/aromatic N) is 5. The molecule has 0 aliphatic carbocycles.